The summed E-state index contributed by atoms with van der Waals surface area (Å²) in [6, 6.07) is 8.11. The molecular weight excluding hydrogens is 300 g/mol. The topological polar surface area (TPSA) is 50.2 Å². The summed E-state index contributed by atoms with van der Waals surface area (Å²) in [5.74, 6) is -0.00726. The Balaban J connectivity index is 1.59. The Morgan fingerprint density at radius 1 is 1.21 bits per heavy atom. The molecule has 1 N–H and O–H groups in total. The van der Waals surface area contributed by atoms with Crippen molar-refractivity contribution < 1.29 is 4.79 Å². The molecule has 1 aromatic heterocycles. The summed E-state index contributed by atoms with van der Waals surface area (Å²) in [6.45, 7) is 5.07. The Morgan fingerprint density at radius 3 is 2.58 bits per heavy atom. The average molecular weight is 326 g/mol. The molecule has 24 heavy (non-hydrogen) atoms. The molecule has 2 heterocycles. The maximum atomic E-state index is 12.5. The first-order valence-corrected chi connectivity index (χ1v) is 8.88. The van der Waals surface area contributed by atoms with Crippen LogP contribution < -0.4 is 10.2 Å². The number of imidazole rings is 1. The van der Waals surface area contributed by atoms with Crippen molar-refractivity contribution in [2.24, 2.45) is 0 Å². The highest BCUT2D eigenvalue weighted by Gasteiger charge is 2.14. The molecule has 1 unspecified atom stereocenters. The second kappa shape index (κ2) is 7.99. The largest absolute Gasteiger partial charge is 0.372 e. The van der Waals surface area contributed by atoms with Crippen molar-refractivity contribution >= 4 is 11.6 Å². The van der Waals surface area contributed by atoms with Gasteiger partial charge in [-0.1, -0.05) is 6.92 Å². The molecule has 1 atom stereocenters. The normalized spacial score (nSPS) is 16.0. The van der Waals surface area contributed by atoms with Crippen LogP contribution in [0.1, 0.15) is 43.0 Å². The minimum absolute atomic E-state index is 0.00726. The number of hydrogen-bond acceptors (Lipinski definition) is 3. The molecule has 1 aromatic carbocycles. The predicted octanol–water partition coefficient (Wildman–Crippen LogP) is 3.08. The Hall–Kier alpha value is -2.30. The molecule has 0 saturated carbocycles. The van der Waals surface area contributed by atoms with E-state index in [2.05, 4.69) is 34.3 Å². The van der Waals surface area contributed by atoms with Crippen LogP contribution in [0.4, 0.5) is 5.69 Å². The van der Waals surface area contributed by atoms with Crippen LogP contribution in [0.25, 0.3) is 0 Å². The SMILES string of the molecule is CCC(Cn1ccnc1)NC(=O)c1ccc(N2CCCCC2)cc1. The van der Waals surface area contributed by atoms with Gasteiger partial charge in [-0.3, -0.25) is 4.79 Å². The van der Waals surface area contributed by atoms with Crippen LogP contribution in [0, 0.1) is 0 Å². The first kappa shape index (κ1) is 16.6. The molecule has 1 fully saturated rings. The molecule has 0 aliphatic carbocycles. The van der Waals surface area contributed by atoms with E-state index in [4.69, 9.17) is 0 Å². The summed E-state index contributed by atoms with van der Waals surface area (Å²) in [5.41, 5.74) is 1.94. The van der Waals surface area contributed by atoms with E-state index in [9.17, 15) is 4.79 Å². The van der Waals surface area contributed by atoms with E-state index in [1.54, 1.807) is 12.5 Å². The van der Waals surface area contributed by atoms with Crippen molar-refractivity contribution in [1.82, 2.24) is 14.9 Å². The molecule has 0 spiro atoms. The zero-order chi connectivity index (χ0) is 16.8. The molecule has 3 rings (SSSR count). The highest BCUT2D eigenvalue weighted by atomic mass is 16.1. The van der Waals surface area contributed by atoms with Crippen LogP contribution in [0.15, 0.2) is 43.0 Å². The smallest absolute Gasteiger partial charge is 0.251 e. The first-order valence-electron chi connectivity index (χ1n) is 8.88. The molecule has 0 radical (unpaired) electrons. The standard InChI is InChI=1S/C19H26N4O/c1-2-17(14-22-13-10-20-15-22)21-19(24)16-6-8-18(9-7-16)23-11-4-3-5-12-23/h6-10,13,15,17H,2-5,11-12,14H2,1H3,(H,21,24). The number of amides is 1. The summed E-state index contributed by atoms with van der Waals surface area (Å²) in [6.07, 6.45) is 10.2. The zero-order valence-corrected chi connectivity index (χ0v) is 14.3. The number of hydrogen-bond donors (Lipinski definition) is 1. The van der Waals surface area contributed by atoms with Crippen LogP contribution in [0.3, 0.4) is 0 Å². The fraction of sp³-hybridized carbons (Fsp3) is 0.474. The Kier molecular flexibility index (Phi) is 5.51. The summed E-state index contributed by atoms with van der Waals surface area (Å²) < 4.78 is 1.99. The number of aromatic nitrogens is 2. The monoisotopic (exact) mass is 326 g/mol. The lowest BCUT2D eigenvalue weighted by Crippen LogP contribution is -2.37. The van der Waals surface area contributed by atoms with E-state index in [1.165, 1.54) is 24.9 Å². The van der Waals surface area contributed by atoms with Crippen molar-refractivity contribution in [3.8, 4) is 0 Å². The molecule has 1 aliphatic heterocycles. The van der Waals surface area contributed by atoms with E-state index in [-0.39, 0.29) is 11.9 Å². The Morgan fingerprint density at radius 2 is 1.96 bits per heavy atom. The van der Waals surface area contributed by atoms with Gasteiger partial charge in [-0.15, -0.1) is 0 Å². The minimum atomic E-state index is -0.00726. The van der Waals surface area contributed by atoms with Gasteiger partial charge in [0.15, 0.2) is 0 Å². The van der Waals surface area contributed by atoms with E-state index in [1.807, 2.05) is 22.9 Å². The van der Waals surface area contributed by atoms with E-state index >= 15 is 0 Å². The highest BCUT2D eigenvalue weighted by Crippen LogP contribution is 2.20. The molecule has 128 valence electrons. The Labute approximate surface area is 143 Å². The first-order chi connectivity index (χ1) is 11.8. The summed E-state index contributed by atoms with van der Waals surface area (Å²) in [7, 11) is 0. The van der Waals surface area contributed by atoms with Crippen molar-refractivity contribution in [2.75, 3.05) is 18.0 Å². The Bertz CT molecular complexity index is 630. The van der Waals surface area contributed by atoms with Gasteiger partial charge in [0, 0.05) is 49.3 Å². The summed E-state index contributed by atoms with van der Waals surface area (Å²) >= 11 is 0. The van der Waals surface area contributed by atoms with Gasteiger partial charge < -0.3 is 14.8 Å². The van der Waals surface area contributed by atoms with Gasteiger partial charge in [0.05, 0.1) is 6.33 Å². The van der Waals surface area contributed by atoms with Gasteiger partial charge in [0.1, 0.15) is 0 Å². The van der Waals surface area contributed by atoms with E-state index in [0.717, 1.165) is 31.6 Å². The molecule has 5 heteroatoms. The zero-order valence-electron chi connectivity index (χ0n) is 14.3. The predicted molar refractivity (Wildman–Crippen MR) is 96.3 cm³/mol. The summed E-state index contributed by atoms with van der Waals surface area (Å²) in [4.78, 5) is 18.9. The fourth-order valence-electron chi connectivity index (χ4n) is 3.17. The van der Waals surface area contributed by atoms with Gasteiger partial charge in [0.2, 0.25) is 0 Å². The maximum absolute atomic E-state index is 12.5. The number of anilines is 1. The molecule has 1 amide bonds. The third-order valence-corrected chi connectivity index (χ3v) is 4.67. The quantitative estimate of drug-likeness (QED) is 0.887. The lowest BCUT2D eigenvalue weighted by atomic mass is 10.1. The summed E-state index contributed by atoms with van der Waals surface area (Å²) in [5, 5.41) is 3.12. The van der Waals surface area contributed by atoms with Crippen LogP contribution in [0.5, 0.6) is 0 Å². The van der Waals surface area contributed by atoms with Crippen molar-refractivity contribution in [3.63, 3.8) is 0 Å². The van der Waals surface area contributed by atoms with Gasteiger partial charge in [-0.05, 0) is 49.9 Å². The van der Waals surface area contributed by atoms with Crippen LogP contribution in [-0.2, 0) is 6.54 Å². The number of piperidine rings is 1. The third kappa shape index (κ3) is 4.16. The van der Waals surface area contributed by atoms with Crippen molar-refractivity contribution in [2.45, 2.75) is 45.2 Å². The molecule has 0 bridgehead atoms. The minimum Gasteiger partial charge on any atom is -0.372 e. The van der Waals surface area contributed by atoms with Gasteiger partial charge >= 0.3 is 0 Å². The molecule has 1 saturated heterocycles. The van der Waals surface area contributed by atoms with Crippen LogP contribution >= 0.6 is 0 Å². The lowest BCUT2D eigenvalue weighted by molar-refractivity contribution is 0.0932. The second-order valence-electron chi connectivity index (χ2n) is 6.43. The van der Waals surface area contributed by atoms with Crippen LogP contribution in [0.2, 0.25) is 0 Å². The number of benzene rings is 1. The maximum Gasteiger partial charge on any atom is 0.251 e. The number of carbonyl (C=O) groups is 1. The van der Waals surface area contributed by atoms with Gasteiger partial charge in [-0.2, -0.15) is 0 Å². The second-order valence-corrected chi connectivity index (χ2v) is 6.43. The van der Waals surface area contributed by atoms with Crippen molar-refractivity contribution in [3.05, 3.63) is 48.5 Å². The molecular formula is C19H26N4O. The number of nitrogens with one attached hydrogen (secondary N) is 1. The number of nitrogens with zero attached hydrogens (tertiary/aromatic N) is 3. The molecule has 5 nitrogen and oxygen atoms in total. The van der Waals surface area contributed by atoms with E-state index < -0.39 is 0 Å². The van der Waals surface area contributed by atoms with Crippen molar-refractivity contribution in [1.29, 1.82) is 0 Å². The number of rotatable bonds is 6. The third-order valence-electron chi connectivity index (χ3n) is 4.67. The fourth-order valence-corrected chi connectivity index (χ4v) is 3.17. The van der Waals surface area contributed by atoms with E-state index in [0.29, 0.717) is 0 Å². The highest BCUT2D eigenvalue weighted by molar-refractivity contribution is 5.94. The van der Waals surface area contributed by atoms with Gasteiger partial charge in [-0.25, -0.2) is 4.98 Å². The molecule has 2 aromatic rings. The van der Waals surface area contributed by atoms with Crippen LogP contribution in [-0.4, -0.2) is 34.6 Å². The molecule has 1 aliphatic rings. The average Bonchev–Trinajstić information content (AvgIpc) is 3.15. The number of carbonyl (C=O) groups excluding carboxylic acids is 1. The van der Waals surface area contributed by atoms with Gasteiger partial charge in [0.25, 0.3) is 5.91 Å². The lowest BCUT2D eigenvalue weighted by Gasteiger charge is -2.28.